The number of benzene rings is 3. The van der Waals surface area contributed by atoms with Crippen molar-refractivity contribution < 1.29 is 26.9 Å². The van der Waals surface area contributed by atoms with Crippen LogP contribution >= 0.6 is 0 Å². The highest BCUT2D eigenvalue weighted by Crippen LogP contribution is 2.30. The summed E-state index contributed by atoms with van der Waals surface area (Å²) in [6.45, 7) is 1.85. The van der Waals surface area contributed by atoms with E-state index >= 15 is 0 Å². The second-order valence-electron chi connectivity index (χ2n) is 7.11. The second-order valence-corrected chi connectivity index (χ2v) is 8.65. The van der Waals surface area contributed by atoms with E-state index in [1.165, 1.54) is 31.5 Å². The van der Waals surface area contributed by atoms with Gasteiger partial charge in [-0.2, -0.15) is 13.5 Å². The van der Waals surface area contributed by atoms with E-state index in [1.54, 1.807) is 43.5 Å². The molecule has 3 aromatic rings. The molecule has 0 fully saturated rings. The molecule has 0 spiro atoms. The highest BCUT2D eigenvalue weighted by molar-refractivity contribution is 7.87. The molecule has 10 heteroatoms. The zero-order valence-corrected chi connectivity index (χ0v) is 19.8. The van der Waals surface area contributed by atoms with Crippen LogP contribution in [-0.4, -0.2) is 41.3 Å². The summed E-state index contributed by atoms with van der Waals surface area (Å²) >= 11 is 0. The van der Waals surface area contributed by atoms with Crippen LogP contribution in [0.3, 0.4) is 0 Å². The number of carbonyl (C=O) groups excluding carboxylic acids is 1. The molecule has 9 nitrogen and oxygen atoms in total. The van der Waals surface area contributed by atoms with Gasteiger partial charge in [-0.25, -0.2) is 5.43 Å². The Bertz CT molecular complexity index is 1270. The quantitative estimate of drug-likeness (QED) is 0.258. The monoisotopic (exact) mass is 483 g/mol. The Hall–Kier alpha value is -4.05. The highest BCUT2D eigenvalue weighted by Gasteiger charge is 2.19. The van der Waals surface area contributed by atoms with Gasteiger partial charge in [0.05, 0.1) is 32.7 Å². The zero-order chi connectivity index (χ0) is 24.6. The molecule has 0 heterocycles. The second kappa shape index (κ2) is 11.2. The number of nitrogens with one attached hydrogen (secondary N) is 2. The number of aryl methyl sites for hydroxylation is 1. The van der Waals surface area contributed by atoms with Gasteiger partial charge in [0.15, 0.2) is 11.5 Å². The molecular formula is C24H25N3O6S. The molecule has 1 amide bonds. The molecule has 0 aliphatic heterocycles. The first kappa shape index (κ1) is 24.6. The van der Waals surface area contributed by atoms with Crippen molar-refractivity contribution in [1.29, 1.82) is 0 Å². The van der Waals surface area contributed by atoms with Crippen LogP contribution in [0.2, 0.25) is 0 Å². The number of hydrogen-bond donors (Lipinski definition) is 2. The molecule has 178 valence electrons. The van der Waals surface area contributed by atoms with Gasteiger partial charge in [-0.15, -0.1) is 0 Å². The van der Waals surface area contributed by atoms with Crippen LogP contribution < -0.4 is 24.4 Å². The molecule has 0 unspecified atom stereocenters. The molecular weight excluding hydrogens is 458 g/mol. The largest absolute Gasteiger partial charge is 0.495 e. The van der Waals surface area contributed by atoms with Gasteiger partial charge in [-0.05, 0) is 55.0 Å². The predicted octanol–water partition coefficient (Wildman–Crippen LogP) is 3.34. The smallest absolute Gasteiger partial charge is 0.339 e. The minimum absolute atomic E-state index is 0.00924. The van der Waals surface area contributed by atoms with Crippen LogP contribution in [0.15, 0.2) is 76.7 Å². The third kappa shape index (κ3) is 6.48. The predicted molar refractivity (Wildman–Crippen MR) is 129 cm³/mol. The maximum Gasteiger partial charge on any atom is 0.339 e. The van der Waals surface area contributed by atoms with Crippen LogP contribution in [-0.2, 0) is 14.9 Å². The molecule has 0 radical (unpaired) electrons. The number of para-hydroxylation sites is 2. The number of methoxy groups -OCH3 is 2. The van der Waals surface area contributed by atoms with Crippen molar-refractivity contribution in [2.45, 2.75) is 11.8 Å². The van der Waals surface area contributed by atoms with Crippen molar-refractivity contribution in [2.75, 3.05) is 26.1 Å². The van der Waals surface area contributed by atoms with E-state index in [2.05, 4.69) is 15.8 Å². The van der Waals surface area contributed by atoms with E-state index < -0.39 is 10.1 Å². The van der Waals surface area contributed by atoms with Gasteiger partial charge in [0.1, 0.15) is 10.6 Å². The van der Waals surface area contributed by atoms with E-state index in [0.29, 0.717) is 17.0 Å². The molecule has 0 bridgehead atoms. The van der Waals surface area contributed by atoms with Crippen molar-refractivity contribution in [2.24, 2.45) is 5.10 Å². The number of anilines is 1. The fraction of sp³-hybridized carbons (Fsp3) is 0.167. The van der Waals surface area contributed by atoms with Crippen LogP contribution in [0.4, 0.5) is 5.69 Å². The molecule has 3 rings (SSSR count). The van der Waals surface area contributed by atoms with Gasteiger partial charge in [0, 0.05) is 0 Å². The Balaban J connectivity index is 1.61. The standard InChI is InChI=1S/C24H25N3O6S/c1-17-8-11-19(12-9-17)34(29,30)33-22-13-10-18(14-23(22)32-3)15-26-27-24(28)16-25-20-6-4-5-7-21(20)31-2/h4-15,25H,16H2,1-3H3,(H,27,28)/b26-15+. The number of hydrazone groups is 1. The molecule has 0 saturated carbocycles. The maximum absolute atomic E-state index is 12.6. The molecule has 2 N–H and O–H groups in total. The number of amides is 1. The van der Waals surface area contributed by atoms with Gasteiger partial charge in [0.25, 0.3) is 5.91 Å². The Morgan fingerprint density at radius 3 is 2.35 bits per heavy atom. The fourth-order valence-corrected chi connectivity index (χ4v) is 3.83. The van der Waals surface area contributed by atoms with Crippen molar-refractivity contribution in [3.05, 3.63) is 77.9 Å². The molecule has 0 aliphatic carbocycles. The van der Waals surface area contributed by atoms with Gasteiger partial charge >= 0.3 is 10.1 Å². The number of hydrogen-bond acceptors (Lipinski definition) is 8. The first-order chi connectivity index (χ1) is 16.3. The van der Waals surface area contributed by atoms with Crippen LogP contribution in [0.25, 0.3) is 0 Å². The zero-order valence-electron chi connectivity index (χ0n) is 18.9. The van der Waals surface area contributed by atoms with E-state index in [-0.39, 0.29) is 28.8 Å². The van der Waals surface area contributed by atoms with Crippen molar-refractivity contribution in [3.63, 3.8) is 0 Å². The number of nitrogens with zero attached hydrogens (tertiary/aromatic N) is 1. The molecule has 0 saturated heterocycles. The fourth-order valence-electron chi connectivity index (χ4n) is 2.89. The summed E-state index contributed by atoms with van der Waals surface area (Å²) in [6, 6.07) is 18.2. The van der Waals surface area contributed by atoms with Crippen LogP contribution in [0.5, 0.6) is 17.2 Å². The first-order valence-corrected chi connectivity index (χ1v) is 11.6. The van der Waals surface area contributed by atoms with Gasteiger partial charge in [-0.3, -0.25) is 4.79 Å². The van der Waals surface area contributed by atoms with Crippen molar-refractivity contribution in [3.8, 4) is 17.2 Å². The topological polar surface area (TPSA) is 115 Å². The molecule has 0 atom stereocenters. The van der Waals surface area contributed by atoms with Gasteiger partial charge in [0.2, 0.25) is 0 Å². The Kier molecular flexibility index (Phi) is 8.10. The maximum atomic E-state index is 12.6. The summed E-state index contributed by atoms with van der Waals surface area (Å²) in [5, 5.41) is 6.89. The summed E-state index contributed by atoms with van der Waals surface area (Å²) in [7, 11) is -1.08. The lowest BCUT2D eigenvalue weighted by Crippen LogP contribution is -2.26. The lowest BCUT2D eigenvalue weighted by atomic mass is 10.2. The average molecular weight is 484 g/mol. The SMILES string of the molecule is COc1ccccc1NCC(=O)N/N=C/c1ccc(OS(=O)(=O)c2ccc(C)cc2)c(OC)c1. The minimum atomic E-state index is -4.02. The minimum Gasteiger partial charge on any atom is -0.495 e. The Morgan fingerprint density at radius 2 is 1.65 bits per heavy atom. The van der Waals surface area contributed by atoms with Gasteiger partial charge < -0.3 is 19.0 Å². The lowest BCUT2D eigenvalue weighted by Gasteiger charge is -2.11. The Morgan fingerprint density at radius 1 is 0.941 bits per heavy atom. The van der Waals surface area contributed by atoms with Gasteiger partial charge in [-0.1, -0.05) is 29.8 Å². The van der Waals surface area contributed by atoms with E-state index in [9.17, 15) is 13.2 Å². The van der Waals surface area contributed by atoms with Crippen molar-refractivity contribution >= 4 is 27.9 Å². The molecule has 3 aromatic carbocycles. The number of carbonyl (C=O) groups is 1. The molecule has 0 aromatic heterocycles. The molecule has 34 heavy (non-hydrogen) atoms. The number of rotatable bonds is 10. The van der Waals surface area contributed by atoms with E-state index in [0.717, 1.165) is 5.56 Å². The van der Waals surface area contributed by atoms with E-state index in [1.807, 2.05) is 19.1 Å². The van der Waals surface area contributed by atoms with E-state index in [4.69, 9.17) is 13.7 Å². The first-order valence-electron chi connectivity index (χ1n) is 10.2. The summed E-state index contributed by atoms with van der Waals surface area (Å²) in [4.78, 5) is 12.1. The lowest BCUT2D eigenvalue weighted by molar-refractivity contribution is -0.119. The summed E-state index contributed by atoms with van der Waals surface area (Å²) < 4.78 is 40.8. The summed E-state index contributed by atoms with van der Waals surface area (Å²) in [5.74, 6) is 0.491. The Labute approximate surface area is 198 Å². The van der Waals surface area contributed by atoms with Crippen LogP contribution in [0, 0.1) is 6.92 Å². The normalized spacial score (nSPS) is 11.1. The summed E-state index contributed by atoms with van der Waals surface area (Å²) in [5.41, 5.74) is 4.60. The number of ether oxygens (including phenoxy) is 2. The van der Waals surface area contributed by atoms with Crippen LogP contribution in [0.1, 0.15) is 11.1 Å². The summed E-state index contributed by atoms with van der Waals surface area (Å²) in [6.07, 6.45) is 1.40. The van der Waals surface area contributed by atoms with Crippen molar-refractivity contribution in [1.82, 2.24) is 5.43 Å². The highest BCUT2D eigenvalue weighted by atomic mass is 32.2. The average Bonchev–Trinajstić information content (AvgIpc) is 2.83. The third-order valence-electron chi connectivity index (χ3n) is 4.65. The molecule has 0 aliphatic rings. The third-order valence-corrected chi connectivity index (χ3v) is 5.89.